The van der Waals surface area contributed by atoms with Gasteiger partial charge in [-0.3, -0.25) is 9.69 Å². The van der Waals surface area contributed by atoms with Crippen LogP contribution in [-0.2, 0) is 45.0 Å². The fourth-order valence-electron chi connectivity index (χ4n) is 9.02. The van der Waals surface area contributed by atoms with Gasteiger partial charge in [-0.15, -0.1) is 0 Å². The maximum Gasteiger partial charge on any atom is 0.277 e. The molecule has 19 nitrogen and oxygen atoms in total. The number of aliphatic hydroxyl groups excluding tert-OH is 6. The maximum atomic E-state index is 13.3. The van der Waals surface area contributed by atoms with Crippen LogP contribution >= 0.6 is 0 Å². The van der Waals surface area contributed by atoms with Gasteiger partial charge in [0.25, 0.3) is 11.7 Å². The number of ether oxygens (including phenoxy) is 4. The number of aromatic nitrogens is 5. The average Bonchev–Trinajstić information content (AvgIpc) is 3.93. The van der Waals surface area contributed by atoms with Crippen molar-refractivity contribution in [3.8, 4) is 0 Å². The SMILES string of the molecule is CCn1c(CNC(=O)c2nc3cc[nH]c3nc2N)[n+](CC)c2ccc(CCCN(C[C@H](O)[C@@H](O)[C@@H]3OC(c4ccccc4)OC[C@H]3O)C[C@H](O)[C@@H](O)[C@@H]3OC(c4ccccc4)OC[C@H]3O)cc21. The number of nitrogens with two attached hydrogens (primary N) is 1. The summed E-state index contributed by atoms with van der Waals surface area (Å²) in [5.74, 6) is 0.470. The molecule has 10 atom stereocenters. The second kappa shape index (κ2) is 21.7. The van der Waals surface area contributed by atoms with E-state index in [1.165, 1.54) is 0 Å². The lowest BCUT2D eigenvalue weighted by Crippen LogP contribution is -2.56. The van der Waals surface area contributed by atoms with E-state index in [1.807, 2.05) is 56.3 Å². The summed E-state index contributed by atoms with van der Waals surface area (Å²) >= 11 is 0. The van der Waals surface area contributed by atoms with E-state index in [9.17, 15) is 35.4 Å². The van der Waals surface area contributed by atoms with Crippen molar-refractivity contribution in [3.63, 3.8) is 0 Å². The van der Waals surface area contributed by atoms with Crippen molar-refractivity contribution in [2.45, 2.75) is 108 Å². The predicted octanol–water partition coefficient (Wildman–Crippen LogP) is 1.38. The molecule has 0 saturated carbocycles. The van der Waals surface area contributed by atoms with Crippen LogP contribution in [0.25, 0.3) is 22.2 Å². The summed E-state index contributed by atoms with van der Waals surface area (Å²) in [4.78, 5) is 26.7. The fraction of sp³-hybridized carbons (Fsp3) is 0.458. The van der Waals surface area contributed by atoms with Gasteiger partial charge in [0, 0.05) is 30.4 Å². The zero-order chi connectivity index (χ0) is 47.2. The quantitative estimate of drug-likeness (QED) is 0.0520. The number of fused-ring (bicyclic) bond motifs is 2. The second-order valence-corrected chi connectivity index (χ2v) is 17.0. The summed E-state index contributed by atoms with van der Waals surface area (Å²) in [6.45, 7) is 5.27. The number of rotatable bonds is 19. The highest BCUT2D eigenvalue weighted by Crippen LogP contribution is 2.31. The summed E-state index contributed by atoms with van der Waals surface area (Å²) in [6.07, 6.45) is -9.83. The molecule has 19 heteroatoms. The Morgan fingerprint density at radius 1 is 0.866 bits per heavy atom. The fourth-order valence-corrected chi connectivity index (χ4v) is 9.02. The number of nitrogen functional groups attached to an aromatic ring is 1. The number of nitrogens with one attached hydrogen (secondary N) is 2. The van der Waals surface area contributed by atoms with Crippen LogP contribution in [-0.4, -0.2) is 143 Å². The highest BCUT2D eigenvalue weighted by Gasteiger charge is 2.42. The van der Waals surface area contributed by atoms with Crippen molar-refractivity contribution in [2.75, 3.05) is 38.6 Å². The van der Waals surface area contributed by atoms with Gasteiger partial charge in [0.1, 0.15) is 48.7 Å². The van der Waals surface area contributed by atoms with Crippen molar-refractivity contribution in [2.24, 2.45) is 0 Å². The number of benzene rings is 3. The third-order valence-corrected chi connectivity index (χ3v) is 12.5. The highest BCUT2D eigenvalue weighted by molar-refractivity contribution is 5.98. The smallest absolute Gasteiger partial charge is 0.277 e. The Kier molecular flexibility index (Phi) is 15.6. The molecule has 10 N–H and O–H groups in total. The minimum Gasteiger partial charge on any atom is -0.389 e. The Morgan fingerprint density at radius 2 is 1.46 bits per heavy atom. The average molecular weight is 926 g/mol. The van der Waals surface area contributed by atoms with Crippen molar-refractivity contribution < 1.29 is 58.9 Å². The number of carbonyl (C=O) groups is 1. The van der Waals surface area contributed by atoms with Gasteiger partial charge < -0.3 is 65.6 Å². The highest BCUT2D eigenvalue weighted by atomic mass is 16.7. The van der Waals surface area contributed by atoms with Crippen LogP contribution in [0.4, 0.5) is 5.82 Å². The first kappa shape index (κ1) is 48.1. The minimum atomic E-state index is -1.55. The molecule has 3 aromatic heterocycles. The number of hydrogen-bond acceptors (Lipinski definition) is 15. The standard InChI is InChI=1S/C48H60N8O11/c1-3-55-32-18-17-28(22-33(32)56(4-2)38(55)23-51-46(63)39-44(49)53-45-31(52-39)19-20-50-45)12-11-21-54(24-34(57)40(61)42-36(59)26-64-47(66-42)29-13-7-5-8-14-29)25-35(58)41(62)43-37(60)27-65-48(67-43)30-15-9-6-10-16-30/h5-10,13-20,22,34-37,40-43,47-48,57-62H,3-4,11-12,21,23-27H2,1-2H3,(H3-,49,50,51,52,53,63)/p+1/t34-,35-,36+,37+,40+,41+,42+,43+,47?,48?/m0/s1. The molecule has 0 spiro atoms. The number of aryl methyl sites for hydroxylation is 3. The number of imidazole rings is 1. The summed E-state index contributed by atoms with van der Waals surface area (Å²) < 4.78 is 27.7. The van der Waals surface area contributed by atoms with E-state index >= 15 is 0 Å². The van der Waals surface area contributed by atoms with E-state index in [1.54, 1.807) is 41.4 Å². The summed E-state index contributed by atoms with van der Waals surface area (Å²) in [7, 11) is 0. The van der Waals surface area contributed by atoms with Crippen molar-refractivity contribution in [3.05, 3.63) is 119 Å². The number of carbonyl (C=O) groups excluding carboxylic acids is 1. The number of aromatic amines is 1. The second-order valence-electron chi connectivity index (χ2n) is 17.0. The molecule has 2 saturated heterocycles. The number of aliphatic hydroxyl groups is 6. The van der Waals surface area contributed by atoms with Crippen LogP contribution < -0.4 is 15.6 Å². The Bertz CT molecular complexity index is 2490. The Morgan fingerprint density at radius 3 is 2.03 bits per heavy atom. The van der Waals surface area contributed by atoms with E-state index < -0.39 is 67.3 Å². The van der Waals surface area contributed by atoms with Crippen LogP contribution in [0.5, 0.6) is 0 Å². The molecular formula is C48H61N8O11+. The largest absolute Gasteiger partial charge is 0.389 e. The van der Waals surface area contributed by atoms with Gasteiger partial charge in [0.15, 0.2) is 40.8 Å². The zero-order valence-corrected chi connectivity index (χ0v) is 37.5. The number of nitrogens with zero attached hydrogens (tertiary/aromatic N) is 5. The van der Waals surface area contributed by atoms with Crippen LogP contribution in [0.15, 0.2) is 91.1 Å². The first-order valence-corrected chi connectivity index (χ1v) is 22.8. The van der Waals surface area contributed by atoms with Gasteiger partial charge in [0.2, 0.25) is 0 Å². The van der Waals surface area contributed by atoms with Crippen LogP contribution in [0.3, 0.4) is 0 Å². The Balaban J connectivity index is 0.970. The van der Waals surface area contributed by atoms with Gasteiger partial charge >= 0.3 is 0 Å². The van der Waals surface area contributed by atoms with E-state index in [0.29, 0.717) is 54.8 Å². The molecule has 2 aliphatic rings. The molecule has 3 aromatic carbocycles. The molecule has 0 bridgehead atoms. The van der Waals surface area contributed by atoms with Gasteiger partial charge in [-0.25, -0.2) is 19.1 Å². The number of hydrogen-bond donors (Lipinski definition) is 9. The first-order valence-electron chi connectivity index (χ1n) is 22.8. The normalized spacial score (nSPS) is 23.1. The van der Waals surface area contributed by atoms with Crippen molar-refractivity contribution in [1.29, 1.82) is 0 Å². The maximum absolute atomic E-state index is 13.3. The number of H-pyrrole nitrogens is 1. The monoisotopic (exact) mass is 925 g/mol. The van der Waals surface area contributed by atoms with Gasteiger partial charge in [-0.05, 0) is 57.0 Å². The molecule has 67 heavy (non-hydrogen) atoms. The minimum absolute atomic E-state index is 0.0275. The van der Waals surface area contributed by atoms with E-state index in [0.717, 1.165) is 22.4 Å². The lowest BCUT2D eigenvalue weighted by Gasteiger charge is -2.40. The van der Waals surface area contributed by atoms with Crippen molar-refractivity contribution in [1.82, 2.24) is 29.7 Å². The molecule has 358 valence electrons. The molecule has 6 aromatic rings. The predicted molar refractivity (Wildman–Crippen MR) is 244 cm³/mol. The van der Waals surface area contributed by atoms with Gasteiger partial charge in [0.05, 0.1) is 38.5 Å². The molecule has 1 amide bonds. The lowest BCUT2D eigenvalue weighted by atomic mass is 9.99. The number of anilines is 1. The van der Waals surface area contributed by atoms with Gasteiger partial charge in [-0.2, -0.15) is 0 Å². The van der Waals surface area contributed by atoms with E-state index in [4.69, 9.17) is 24.7 Å². The molecule has 0 aliphatic carbocycles. The molecular weight excluding hydrogens is 865 g/mol. The van der Waals surface area contributed by atoms with E-state index in [-0.39, 0.29) is 44.4 Å². The third-order valence-electron chi connectivity index (χ3n) is 12.5. The first-order chi connectivity index (χ1) is 32.4. The lowest BCUT2D eigenvalue weighted by molar-refractivity contribution is -0.676. The summed E-state index contributed by atoms with van der Waals surface area (Å²) in [5, 5.41) is 70.7. The topological polar surface area (TPSA) is 267 Å². The molecule has 5 heterocycles. The van der Waals surface area contributed by atoms with E-state index in [2.05, 4.69) is 41.5 Å². The molecule has 0 radical (unpaired) electrons. The molecule has 2 fully saturated rings. The van der Waals surface area contributed by atoms with Crippen molar-refractivity contribution >= 4 is 33.9 Å². The zero-order valence-electron chi connectivity index (χ0n) is 37.5. The summed E-state index contributed by atoms with van der Waals surface area (Å²) in [6, 6.07) is 26.1. The molecule has 2 aliphatic heterocycles. The Labute approximate surface area is 387 Å². The molecule has 2 unspecified atom stereocenters. The summed E-state index contributed by atoms with van der Waals surface area (Å²) in [5.41, 5.74) is 11.5. The Hall–Kier alpha value is -5.42. The number of amides is 1. The van der Waals surface area contributed by atoms with Crippen LogP contribution in [0.2, 0.25) is 0 Å². The van der Waals surface area contributed by atoms with Crippen LogP contribution in [0.1, 0.15) is 65.9 Å². The third kappa shape index (κ3) is 10.8. The van der Waals surface area contributed by atoms with Crippen LogP contribution in [0, 0.1) is 0 Å². The van der Waals surface area contributed by atoms with Gasteiger partial charge in [-0.1, -0.05) is 66.7 Å². The molecule has 8 rings (SSSR count).